The van der Waals surface area contributed by atoms with Crippen LogP contribution < -0.4 is 16.4 Å². The van der Waals surface area contributed by atoms with Crippen molar-refractivity contribution in [1.29, 1.82) is 0 Å². The fourth-order valence-corrected chi connectivity index (χ4v) is 4.53. The smallest absolute Gasteiger partial charge is 0.340 e. The maximum absolute atomic E-state index is 13.5. The van der Waals surface area contributed by atoms with Gasteiger partial charge in [0.1, 0.15) is 11.4 Å². The number of ether oxygens (including phenoxy) is 2. The van der Waals surface area contributed by atoms with Crippen LogP contribution in [0.1, 0.15) is 52.0 Å². The molecule has 0 radical (unpaired) electrons. The summed E-state index contributed by atoms with van der Waals surface area (Å²) in [5.74, 6) is -1.43. The average Bonchev–Trinajstić information content (AvgIpc) is 3.14. The first-order chi connectivity index (χ1) is 15.5. The highest BCUT2D eigenvalue weighted by molar-refractivity contribution is 6.03. The Balaban J connectivity index is 2.01. The molecule has 1 saturated carbocycles. The van der Waals surface area contributed by atoms with Crippen molar-refractivity contribution in [2.75, 3.05) is 13.2 Å². The van der Waals surface area contributed by atoms with E-state index >= 15 is 0 Å². The second kappa shape index (κ2) is 9.02. The van der Waals surface area contributed by atoms with Gasteiger partial charge in [-0.3, -0.25) is 9.59 Å². The summed E-state index contributed by atoms with van der Waals surface area (Å²) in [6.45, 7) is 3.43. The number of hydrogen-bond donors (Lipinski definition) is 1. The van der Waals surface area contributed by atoms with E-state index in [1.54, 1.807) is 32.0 Å². The largest absolute Gasteiger partial charge is 0.464 e. The summed E-state index contributed by atoms with van der Waals surface area (Å²) in [5, 5.41) is 3.68. The number of esters is 2. The van der Waals surface area contributed by atoms with Crippen LogP contribution in [-0.2, 0) is 19.1 Å². The van der Waals surface area contributed by atoms with Crippen LogP contribution in [0.15, 0.2) is 39.4 Å². The Morgan fingerprint density at radius 1 is 0.969 bits per heavy atom. The van der Waals surface area contributed by atoms with Crippen molar-refractivity contribution in [3.8, 4) is 0 Å². The first-order valence-electron chi connectivity index (χ1n) is 11.1. The van der Waals surface area contributed by atoms with Gasteiger partial charge >= 0.3 is 11.9 Å². The van der Waals surface area contributed by atoms with Gasteiger partial charge in [-0.25, -0.2) is 14.3 Å². The zero-order chi connectivity index (χ0) is 22.8. The predicted molar refractivity (Wildman–Crippen MR) is 118 cm³/mol. The molecule has 1 aliphatic carbocycles. The quantitative estimate of drug-likeness (QED) is 0.683. The molecular weight excluding hydrogens is 414 g/mol. The summed E-state index contributed by atoms with van der Waals surface area (Å²) in [5.41, 5.74) is -1.13. The van der Waals surface area contributed by atoms with Gasteiger partial charge < -0.3 is 14.8 Å². The highest BCUT2D eigenvalue weighted by Crippen LogP contribution is 2.32. The number of hydrogen-bond acceptors (Lipinski definition) is 7. The number of carbonyl (C=O) groups is 2. The Bertz CT molecular complexity index is 1200. The molecule has 1 aromatic carbocycles. The molecule has 2 heterocycles. The second-order valence-corrected chi connectivity index (χ2v) is 7.93. The molecule has 1 fully saturated rings. The van der Waals surface area contributed by atoms with Crippen LogP contribution in [0.5, 0.6) is 0 Å². The zero-order valence-corrected chi connectivity index (χ0v) is 18.3. The molecule has 2 aromatic rings. The lowest BCUT2D eigenvalue weighted by Gasteiger charge is -2.25. The Kier molecular flexibility index (Phi) is 6.16. The third-order valence-electron chi connectivity index (χ3n) is 5.94. The number of benzene rings is 1. The lowest BCUT2D eigenvalue weighted by atomic mass is 9.95. The zero-order valence-electron chi connectivity index (χ0n) is 18.3. The Morgan fingerprint density at radius 2 is 1.59 bits per heavy atom. The summed E-state index contributed by atoms with van der Waals surface area (Å²) in [4.78, 5) is 53.0. The molecule has 9 nitrogen and oxygen atoms in total. The normalized spacial score (nSPS) is 18.5. The minimum Gasteiger partial charge on any atom is -0.464 e. The summed E-state index contributed by atoms with van der Waals surface area (Å²) in [6, 6.07) is 5.01. The monoisotopic (exact) mass is 441 g/mol. The first-order valence-corrected chi connectivity index (χ1v) is 11.1. The van der Waals surface area contributed by atoms with E-state index in [0.29, 0.717) is 0 Å². The van der Waals surface area contributed by atoms with Crippen LogP contribution in [0.4, 0.5) is 0 Å². The molecule has 1 unspecified atom stereocenters. The maximum Gasteiger partial charge on any atom is 0.340 e. The number of nitrogens with zero attached hydrogens (tertiary/aromatic N) is 2. The highest BCUT2D eigenvalue weighted by atomic mass is 16.5. The van der Waals surface area contributed by atoms with E-state index in [0.717, 1.165) is 41.5 Å². The van der Waals surface area contributed by atoms with Crippen molar-refractivity contribution in [1.82, 2.24) is 14.7 Å². The Morgan fingerprint density at radius 3 is 2.22 bits per heavy atom. The van der Waals surface area contributed by atoms with Gasteiger partial charge in [-0.15, -0.1) is 0 Å². The van der Waals surface area contributed by atoms with Crippen LogP contribution in [0.3, 0.4) is 0 Å². The van der Waals surface area contributed by atoms with Gasteiger partial charge in [-0.1, -0.05) is 31.4 Å². The molecule has 4 rings (SSSR count). The molecule has 1 atom stereocenters. The van der Waals surface area contributed by atoms with Gasteiger partial charge in [0.05, 0.1) is 24.0 Å². The molecule has 0 bridgehead atoms. The molecule has 0 saturated heterocycles. The summed E-state index contributed by atoms with van der Waals surface area (Å²) in [7, 11) is 0. The van der Waals surface area contributed by atoms with Crippen molar-refractivity contribution in [3.63, 3.8) is 0 Å². The molecule has 1 aromatic heterocycles. The van der Waals surface area contributed by atoms with Crippen molar-refractivity contribution < 1.29 is 19.1 Å². The number of rotatable bonds is 6. The molecule has 2 aliphatic rings. The van der Waals surface area contributed by atoms with Gasteiger partial charge in [-0.05, 0) is 38.8 Å². The van der Waals surface area contributed by atoms with E-state index in [9.17, 15) is 19.2 Å². The van der Waals surface area contributed by atoms with Crippen LogP contribution in [-0.4, -0.2) is 40.6 Å². The van der Waals surface area contributed by atoms with E-state index in [1.807, 2.05) is 0 Å². The standard InChI is InChI=1S/C23H27N3O6/c1-3-31-22(29)17-18(23(30)32-4-2)25-20(27)15-12-8-9-13-16(15)21(28)26(25)19(17)24-14-10-6-5-7-11-14/h8-9,12-14,18,24H,3-7,10-11H2,1-2H3. The third-order valence-corrected chi connectivity index (χ3v) is 5.94. The van der Waals surface area contributed by atoms with Crippen LogP contribution >= 0.6 is 0 Å². The Labute approximate surface area is 184 Å². The molecule has 0 amide bonds. The van der Waals surface area contributed by atoms with E-state index in [1.165, 1.54) is 6.07 Å². The fraction of sp³-hybridized carbons (Fsp3) is 0.478. The van der Waals surface area contributed by atoms with Crippen LogP contribution in [0.2, 0.25) is 0 Å². The first kappa shape index (κ1) is 21.9. The third kappa shape index (κ3) is 3.61. The maximum atomic E-state index is 13.5. The van der Waals surface area contributed by atoms with Crippen LogP contribution in [0.25, 0.3) is 16.6 Å². The minimum absolute atomic E-state index is 0.00560. The molecule has 1 aliphatic heterocycles. The van der Waals surface area contributed by atoms with E-state index < -0.39 is 29.1 Å². The van der Waals surface area contributed by atoms with Gasteiger partial charge in [-0.2, -0.15) is 4.68 Å². The van der Waals surface area contributed by atoms with Crippen molar-refractivity contribution in [2.45, 2.75) is 58.0 Å². The lowest BCUT2D eigenvalue weighted by molar-refractivity contribution is -0.149. The summed E-state index contributed by atoms with van der Waals surface area (Å²) < 4.78 is 12.6. The Hall–Kier alpha value is -3.36. The topological polar surface area (TPSA) is 109 Å². The predicted octanol–water partition coefficient (Wildman–Crippen LogP) is 1.94. The molecule has 32 heavy (non-hydrogen) atoms. The second-order valence-electron chi connectivity index (χ2n) is 7.93. The van der Waals surface area contributed by atoms with E-state index in [-0.39, 0.29) is 41.4 Å². The summed E-state index contributed by atoms with van der Waals surface area (Å²) >= 11 is 0. The van der Waals surface area contributed by atoms with Gasteiger partial charge in [0.2, 0.25) is 0 Å². The number of nitrogens with one attached hydrogen (secondary N) is 1. The fourth-order valence-electron chi connectivity index (χ4n) is 4.53. The van der Waals surface area contributed by atoms with Gasteiger partial charge in [0.25, 0.3) is 11.1 Å². The minimum atomic E-state index is -1.41. The van der Waals surface area contributed by atoms with Gasteiger partial charge in [0.15, 0.2) is 6.04 Å². The van der Waals surface area contributed by atoms with Crippen molar-refractivity contribution >= 4 is 28.5 Å². The van der Waals surface area contributed by atoms with E-state index in [2.05, 4.69) is 5.32 Å². The van der Waals surface area contributed by atoms with Crippen molar-refractivity contribution in [3.05, 3.63) is 50.5 Å². The lowest BCUT2D eigenvalue weighted by Crippen LogP contribution is -2.42. The molecular formula is C23H27N3O6. The molecule has 1 N–H and O–H groups in total. The number of carbonyl (C=O) groups excluding carboxylic acids is 2. The SMILES string of the molecule is CCOC(=O)C1=C(NC2CCCCC2)n2c(=O)c3ccccc3c(=O)n2C1C(=O)OCC. The molecule has 170 valence electrons. The number of aromatic nitrogens is 2. The highest BCUT2D eigenvalue weighted by Gasteiger charge is 2.44. The number of fused-ring (bicyclic) bond motifs is 2. The molecule has 0 spiro atoms. The summed E-state index contributed by atoms with van der Waals surface area (Å²) in [6.07, 6.45) is 4.86. The van der Waals surface area contributed by atoms with Crippen LogP contribution in [0, 0.1) is 0 Å². The average molecular weight is 441 g/mol. The van der Waals surface area contributed by atoms with Crippen molar-refractivity contribution in [2.24, 2.45) is 0 Å². The van der Waals surface area contributed by atoms with E-state index in [4.69, 9.17) is 9.47 Å². The van der Waals surface area contributed by atoms with Gasteiger partial charge in [0, 0.05) is 6.04 Å². The molecule has 9 heteroatoms.